The van der Waals surface area contributed by atoms with Gasteiger partial charge in [-0.25, -0.2) is 4.98 Å². The standard InChI is InChI=1S/C24H25N3O2/c1-17(21-14-20(28-2)12-13-24(21)29-3)25-15-18-8-10-19(11-9-18)27-16-26-22-6-4-5-7-23(22)27/h4-14,16-17,25H,15H2,1-3H3/p+1/t17-/m1/s1. The molecule has 0 fully saturated rings. The second kappa shape index (κ2) is 8.37. The zero-order valence-corrected chi connectivity index (χ0v) is 17.0. The van der Waals surface area contributed by atoms with E-state index in [0.29, 0.717) is 0 Å². The highest BCUT2D eigenvalue weighted by molar-refractivity contribution is 5.77. The number of rotatable bonds is 7. The number of benzene rings is 3. The number of para-hydroxylation sites is 2. The van der Waals surface area contributed by atoms with Crippen molar-refractivity contribution in [3.8, 4) is 17.2 Å². The van der Waals surface area contributed by atoms with Crippen molar-refractivity contribution in [2.45, 2.75) is 19.5 Å². The highest BCUT2D eigenvalue weighted by Gasteiger charge is 2.15. The zero-order chi connectivity index (χ0) is 20.2. The predicted molar refractivity (Wildman–Crippen MR) is 115 cm³/mol. The molecular weight excluding hydrogens is 362 g/mol. The first-order valence-corrected chi connectivity index (χ1v) is 9.76. The summed E-state index contributed by atoms with van der Waals surface area (Å²) in [5, 5.41) is 2.30. The van der Waals surface area contributed by atoms with E-state index in [1.54, 1.807) is 14.2 Å². The van der Waals surface area contributed by atoms with Gasteiger partial charge in [0.05, 0.1) is 30.8 Å². The van der Waals surface area contributed by atoms with Gasteiger partial charge in [-0.2, -0.15) is 0 Å². The molecule has 4 rings (SSSR count). The molecule has 0 amide bonds. The van der Waals surface area contributed by atoms with E-state index in [1.165, 1.54) is 5.56 Å². The summed E-state index contributed by atoms with van der Waals surface area (Å²) in [7, 11) is 3.39. The van der Waals surface area contributed by atoms with Crippen LogP contribution in [0.15, 0.2) is 73.1 Å². The molecule has 0 aliphatic carbocycles. The largest absolute Gasteiger partial charge is 0.497 e. The molecule has 1 aromatic heterocycles. The van der Waals surface area contributed by atoms with Crippen LogP contribution in [0.2, 0.25) is 0 Å². The lowest BCUT2D eigenvalue weighted by Gasteiger charge is -2.16. The molecule has 29 heavy (non-hydrogen) atoms. The molecule has 0 aliphatic rings. The van der Waals surface area contributed by atoms with E-state index < -0.39 is 0 Å². The van der Waals surface area contributed by atoms with Gasteiger partial charge in [-0.05, 0) is 49.4 Å². The number of nitrogens with two attached hydrogens (primary N) is 1. The van der Waals surface area contributed by atoms with Crippen LogP contribution in [-0.4, -0.2) is 23.8 Å². The number of methoxy groups -OCH3 is 2. The summed E-state index contributed by atoms with van der Waals surface area (Å²) in [5.74, 6) is 1.73. The zero-order valence-electron chi connectivity index (χ0n) is 17.0. The maximum Gasteiger partial charge on any atom is 0.128 e. The number of quaternary nitrogens is 1. The lowest BCUT2D eigenvalue weighted by Crippen LogP contribution is -2.83. The molecule has 0 spiro atoms. The maximum atomic E-state index is 5.53. The number of aromatic nitrogens is 2. The molecule has 5 nitrogen and oxygen atoms in total. The topological polar surface area (TPSA) is 52.9 Å². The monoisotopic (exact) mass is 388 g/mol. The maximum absolute atomic E-state index is 5.53. The van der Waals surface area contributed by atoms with Gasteiger partial charge in [0, 0.05) is 11.3 Å². The molecule has 148 valence electrons. The van der Waals surface area contributed by atoms with E-state index in [4.69, 9.17) is 9.47 Å². The van der Waals surface area contributed by atoms with Gasteiger partial charge in [0.2, 0.25) is 0 Å². The fourth-order valence-electron chi connectivity index (χ4n) is 3.59. The second-order valence-corrected chi connectivity index (χ2v) is 7.11. The minimum atomic E-state index is 0.248. The highest BCUT2D eigenvalue weighted by atomic mass is 16.5. The molecule has 2 N–H and O–H groups in total. The normalized spacial score (nSPS) is 12.1. The molecule has 0 saturated carbocycles. The Hall–Kier alpha value is -3.31. The van der Waals surface area contributed by atoms with Crippen LogP contribution in [-0.2, 0) is 6.54 Å². The molecule has 0 bridgehead atoms. The quantitative estimate of drug-likeness (QED) is 0.523. The third-order valence-corrected chi connectivity index (χ3v) is 5.30. The first-order valence-electron chi connectivity index (χ1n) is 9.76. The number of imidazole rings is 1. The molecule has 1 atom stereocenters. The minimum absolute atomic E-state index is 0.248. The Balaban J connectivity index is 1.47. The van der Waals surface area contributed by atoms with E-state index in [9.17, 15) is 0 Å². The molecule has 1 heterocycles. The number of fused-ring (bicyclic) bond motifs is 1. The molecular formula is C24H26N3O2+. The molecule has 0 aliphatic heterocycles. The highest BCUT2D eigenvalue weighted by Crippen LogP contribution is 2.27. The summed E-state index contributed by atoms with van der Waals surface area (Å²) < 4.78 is 13.0. The van der Waals surface area contributed by atoms with E-state index in [-0.39, 0.29) is 6.04 Å². The third kappa shape index (κ3) is 3.96. The van der Waals surface area contributed by atoms with Crippen LogP contribution in [0.25, 0.3) is 16.7 Å². The van der Waals surface area contributed by atoms with Crippen molar-refractivity contribution in [2.24, 2.45) is 0 Å². The van der Waals surface area contributed by atoms with Crippen LogP contribution < -0.4 is 14.8 Å². The van der Waals surface area contributed by atoms with Gasteiger partial charge in [0.25, 0.3) is 0 Å². The van der Waals surface area contributed by atoms with Gasteiger partial charge in [-0.3, -0.25) is 4.57 Å². The Morgan fingerprint density at radius 3 is 2.52 bits per heavy atom. The van der Waals surface area contributed by atoms with Crippen molar-refractivity contribution in [2.75, 3.05) is 14.2 Å². The van der Waals surface area contributed by atoms with Gasteiger partial charge in [0.15, 0.2) is 0 Å². The van der Waals surface area contributed by atoms with Gasteiger partial charge in [-0.1, -0.05) is 24.3 Å². The lowest BCUT2D eigenvalue weighted by molar-refractivity contribution is -0.708. The first-order chi connectivity index (χ1) is 14.2. The summed E-state index contributed by atoms with van der Waals surface area (Å²) >= 11 is 0. The number of hydrogen-bond acceptors (Lipinski definition) is 3. The SMILES string of the molecule is COc1ccc(OC)c([C@@H](C)[NH2+]Cc2ccc(-n3cnc4ccccc43)cc2)c1. The summed E-state index contributed by atoms with van der Waals surface area (Å²) in [6.45, 7) is 3.07. The molecule has 3 aromatic carbocycles. The first kappa shape index (κ1) is 19.0. The van der Waals surface area contributed by atoms with Crippen molar-refractivity contribution < 1.29 is 14.8 Å². The molecule has 0 unspecified atom stereocenters. The van der Waals surface area contributed by atoms with Crippen molar-refractivity contribution in [1.29, 1.82) is 0 Å². The van der Waals surface area contributed by atoms with Gasteiger partial charge in [0.1, 0.15) is 30.4 Å². The molecule has 0 saturated heterocycles. The Bertz CT molecular complexity index is 1100. The molecule has 0 radical (unpaired) electrons. The minimum Gasteiger partial charge on any atom is -0.497 e. The molecule has 5 heteroatoms. The lowest BCUT2D eigenvalue weighted by atomic mass is 10.1. The Morgan fingerprint density at radius 2 is 1.76 bits per heavy atom. The van der Waals surface area contributed by atoms with Crippen LogP contribution in [0, 0.1) is 0 Å². The number of nitrogens with zero attached hydrogens (tertiary/aromatic N) is 2. The van der Waals surface area contributed by atoms with Crippen molar-refractivity contribution in [3.63, 3.8) is 0 Å². The van der Waals surface area contributed by atoms with Crippen LogP contribution in [0.3, 0.4) is 0 Å². The van der Waals surface area contributed by atoms with Crippen molar-refractivity contribution in [3.05, 3.63) is 84.2 Å². The average Bonchev–Trinajstić information content (AvgIpc) is 3.21. The molecule has 4 aromatic rings. The summed E-state index contributed by atoms with van der Waals surface area (Å²) in [5.41, 5.74) is 5.64. The average molecular weight is 388 g/mol. The Kier molecular flexibility index (Phi) is 5.49. The number of ether oxygens (including phenoxy) is 2. The fourth-order valence-corrected chi connectivity index (χ4v) is 3.59. The van der Waals surface area contributed by atoms with Crippen LogP contribution in [0.1, 0.15) is 24.1 Å². The Morgan fingerprint density at radius 1 is 0.966 bits per heavy atom. The number of hydrogen-bond donors (Lipinski definition) is 1. The van der Waals surface area contributed by atoms with E-state index in [1.807, 2.05) is 42.7 Å². The fraction of sp³-hybridized carbons (Fsp3) is 0.208. The van der Waals surface area contributed by atoms with Gasteiger partial charge in [-0.15, -0.1) is 0 Å². The van der Waals surface area contributed by atoms with Gasteiger partial charge >= 0.3 is 0 Å². The van der Waals surface area contributed by atoms with E-state index in [2.05, 4.69) is 52.1 Å². The summed E-state index contributed by atoms with van der Waals surface area (Å²) in [6, 6.07) is 23.0. The van der Waals surface area contributed by atoms with E-state index >= 15 is 0 Å². The van der Waals surface area contributed by atoms with Crippen LogP contribution in [0.4, 0.5) is 0 Å². The second-order valence-electron chi connectivity index (χ2n) is 7.11. The summed E-state index contributed by atoms with van der Waals surface area (Å²) in [4.78, 5) is 4.48. The summed E-state index contributed by atoms with van der Waals surface area (Å²) in [6.07, 6.45) is 1.88. The van der Waals surface area contributed by atoms with Gasteiger partial charge < -0.3 is 14.8 Å². The Labute approximate surface area is 170 Å². The predicted octanol–water partition coefficient (Wildman–Crippen LogP) is 3.87. The third-order valence-electron chi connectivity index (χ3n) is 5.30. The smallest absolute Gasteiger partial charge is 0.128 e. The van der Waals surface area contributed by atoms with Crippen molar-refractivity contribution in [1.82, 2.24) is 9.55 Å². The van der Waals surface area contributed by atoms with E-state index in [0.717, 1.165) is 40.3 Å². The van der Waals surface area contributed by atoms with Crippen molar-refractivity contribution >= 4 is 11.0 Å². The van der Waals surface area contributed by atoms with Crippen LogP contribution in [0.5, 0.6) is 11.5 Å². The van der Waals surface area contributed by atoms with Crippen LogP contribution >= 0.6 is 0 Å².